The van der Waals surface area contributed by atoms with Crippen molar-refractivity contribution in [2.75, 3.05) is 0 Å². The molecule has 0 aromatic rings. The van der Waals surface area contributed by atoms with E-state index in [2.05, 4.69) is 62.5 Å². The Morgan fingerprint density at radius 3 is 1.45 bits per heavy atom. The number of carboxylic acid groups (broad SMARTS) is 1. The average Bonchev–Trinajstić information content (AvgIpc) is 2.97. The largest absolute Gasteiger partial charge is 0.481 e. The van der Waals surface area contributed by atoms with Gasteiger partial charge in [0.2, 0.25) is 0 Å². The van der Waals surface area contributed by atoms with Gasteiger partial charge in [0.15, 0.2) is 0 Å². The standard InChI is InChI=1S/C38H64O4/c1-3-5-7-9-11-13-15-17-19-20-22-24-26-28-32-36(33-30-31-34-37(39)40)42-38(41)35-29-27-25-23-21-18-16-14-12-10-8-6-4-2/h5,7,11,13,17,19,22,24,28,32,36H,3-4,6,8-10,12,14-16,18,20-21,23,25-27,29-31,33-35H2,1-2H3,(H,39,40)/b7-5-,13-11-,19-17-,24-22-,32-28-. The van der Waals surface area contributed by atoms with Gasteiger partial charge in [0.05, 0.1) is 0 Å². The van der Waals surface area contributed by atoms with Crippen LogP contribution in [0.15, 0.2) is 60.8 Å². The summed E-state index contributed by atoms with van der Waals surface area (Å²) in [5, 5.41) is 8.90. The molecule has 0 aliphatic rings. The molecule has 0 aliphatic carbocycles. The normalized spacial score (nSPS) is 13.0. The van der Waals surface area contributed by atoms with E-state index in [4.69, 9.17) is 9.84 Å². The number of ether oxygens (including phenoxy) is 1. The van der Waals surface area contributed by atoms with Gasteiger partial charge in [-0.25, -0.2) is 0 Å². The van der Waals surface area contributed by atoms with Crippen LogP contribution in [0.25, 0.3) is 0 Å². The summed E-state index contributed by atoms with van der Waals surface area (Å²) >= 11 is 0. The highest BCUT2D eigenvalue weighted by Gasteiger charge is 2.11. The van der Waals surface area contributed by atoms with E-state index in [0.29, 0.717) is 19.3 Å². The lowest BCUT2D eigenvalue weighted by Crippen LogP contribution is -2.16. The number of rotatable bonds is 30. The minimum atomic E-state index is -0.777. The van der Waals surface area contributed by atoms with Crippen LogP contribution in [0.3, 0.4) is 0 Å². The predicted octanol–water partition coefficient (Wildman–Crippen LogP) is 11.8. The van der Waals surface area contributed by atoms with Gasteiger partial charge in [0.25, 0.3) is 0 Å². The van der Waals surface area contributed by atoms with Gasteiger partial charge in [-0.15, -0.1) is 0 Å². The predicted molar refractivity (Wildman–Crippen MR) is 181 cm³/mol. The van der Waals surface area contributed by atoms with Crippen molar-refractivity contribution in [1.82, 2.24) is 0 Å². The van der Waals surface area contributed by atoms with Crippen molar-refractivity contribution < 1.29 is 19.4 Å². The van der Waals surface area contributed by atoms with Crippen LogP contribution in [0.2, 0.25) is 0 Å². The van der Waals surface area contributed by atoms with Gasteiger partial charge in [-0.05, 0) is 63.9 Å². The number of carbonyl (C=O) groups excluding carboxylic acids is 1. The first-order valence-corrected chi connectivity index (χ1v) is 17.3. The maximum atomic E-state index is 12.5. The van der Waals surface area contributed by atoms with Gasteiger partial charge in [0.1, 0.15) is 6.10 Å². The molecule has 0 bridgehead atoms. The van der Waals surface area contributed by atoms with E-state index in [1.54, 1.807) is 0 Å². The molecule has 1 unspecified atom stereocenters. The van der Waals surface area contributed by atoms with Crippen LogP contribution in [0.4, 0.5) is 0 Å². The maximum absolute atomic E-state index is 12.5. The zero-order valence-corrected chi connectivity index (χ0v) is 27.3. The Morgan fingerprint density at radius 1 is 0.548 bits per heavy atom. The Hall–Kier alpha value is -2.36. The molecule has 1 N–H and O–H groups in total. The minimum absolute atomic E-state index is 0.137. The summed E-state index contributed by atoms with van der Waals surface area (Å²) in [6, 6.07) is 0. The molecule has 0 radical (unpaired) electrons. The van der Waals surface area contributed by atoms with Gasteiger partial charge in [-0.1, -0.05) is 146 Å². The Balaban J connectivity index is 4.15. The molecule has 0 aromatic heterocycles. The maximum Gasteiger partial charge on any atom is 0.306 e. The number of carbonyl (C=O) groups is 2. The Kier molecular flexibility index (Phi) is 31.3. The first kappa shape index (κ1) is 39.6. The second-order valence-corrected chi connectivity index (χ2v) is 11.3. The van der Waals surface area contributed by atoms with Crippen molar-refractivity contribution in [2.45, 2.75) is 168 Å². The summed E-state index contributed by atoms with van der Waals surface area (Å²) in [5.41, 5.74) is 0. The highest BCUT2D eigenvalue weighted by atomic mass is 16.5. The molecule has 42 heavy (non-hydrogen) atoms. The second kappa shape index (κ2) is 33.1. The third-order valence-electron chi connectivity index (χ3n) is 7.24. The number of aliphatic carboxylic acids is 1. The Bertz CT molecular complexity index is 759. The lowest BCUT2D eigenvalue weighted by Gasteiger charge is -2.14. The molecule has 0 saturated carbocycles. The zero-order chi connectivity index (χ0) is 30.8. The van der Waals surface area contributed by atoms with Crippen LogP contribution in [0.5, 0.6) is 0 Å². The van der Waals surface area contributed by atoms with Gasteiger partial charge in [0, 0.05) is 12.8 Å². The summed E-state index contributed by atoms with van der Waals surface area (Å²) in [6.07, 6.45) is 45.2. The van der Waals surface area contributed by atoms with Crippen LogP contribution >= 0.6 is 0 Å². The SMILES string of the molecule is CC/C=C\C/C=C\C/C=C\C/C=C\C/C=C\C(CCCCC(=O)O)OC(=O)CCCCCCCCCCCCCCC. The summed E-state index contributed by atoms with van der Waals surface area (Å²) in [6.45, 7) is 4.41. The summed E-state index contributed by atoms with van der Waals surface area (Å²) in [4.78, 5) is 23.3. The van der Waals surface area contributed by atoms with Gasteiger partial charge >= 0.3 is 11.9 Å². The van der Waals surface area contributed by atoms with E-state index in [9.17, 15) is 9.59 Å². The Morgan fingerprint density at radius 2 is 0.976 bits per heavy atom. The van der Waals surface area contributed by atoms with Crippen LogP contribution < -0.4 is 0 Å². The second-order valence-electron chi connectivity index (χ2n) is 11.3. The number of carboxylic acids is 1. The summed E-state index contributed by atoms with van der Waals surface area (Å²) < 4.78 is 5.76. The fourth-order valence-corrected chi connectivity index (χ4v) is 4.72. The molecular weight excluding hydrogens is 520 g/mol. The van der Waals surface area contributed by atoms with Crippen LogP contribution in [0, 0.1) is 0 Å². The summed E-state index contributed by atoms with van der Waals surface area (Å²) in [7, 11) is 0. The summed E-state index contributed by atoms with van der Waals surface area (Å²) in [5.74, 6) is -0.914. The van der Waals surface area contributed by atoms with E-state index in [-0.39, 0.29) is 18.5 Å². The topological polar surface area (TPSA) is 63.6 Å². The number of esters is 1. The van der Waals surface area contributed by atoms with Crippen molar-refractivity contribution in [3.8, 4) is 0 Å². The lowest BCUT2D eigenvalue weighted by atomic mass is 10.0. The number of unbranched alkanes of at least 4 members (excludes halogenated alkanes) is 13. The Labute approximate surface area is 259 Å². The van der Waals surface area contributed by atoms with E-state index < -0.39 is 5.97 Å². The van der Waals surface area contributed by atoms with Crippen molar-refractivity contribution >= 4 is 11.9 Å². The fraction of sp³-hybridized carbons (Fsp3) is 0.684. The number of hydrogen-bond acceptors (Lipinski definition) is 3. The number of hydrogen-bond donors (Lipinski definition) is 1. The van der Waals surface area contributed by atoms with E-state index >= 15 is 0 Å². The molecule has 0 aliphatic heterocycles. The minimum Gasteiger partial charge on any atom is -0.481 e. The molecule has 4 heteroatoms. The molecule has 0 aromatic carbocycles. The monoisotopic (exact) mass is 584 g/mol. The zero-order valence-electron chi connectivity index (χ0n) is 27.3. The molecular formula is C38H64O4. The molecule has 240 valence electrons. The van der Waals surface area contributed by atoms with Crippen LogP contribution in [-0.4, -0.2) is 23.1 Å². The van der Waals surface area contributed by atoms with Crippen molar-refractivity contribution in [1.29, 1.82) is 0 Å². The van der Waals surface area contributed by atoms with Gasteiger partial charge < -0.3 is 9.84 Å². The van der Waals surface area contributed by atoms with Crippen molar-refractivity contribution in [3.63, 3.8) is 0 Å². The van der Waals surface area contributed by atoms with Crippen molar-refractivity contribution in [3.05, 3.63) is 60.8 Å². The van der Waals surface area contributed by atoms with Gasteiger partial charge in [-0.3, -0.25) is 9.59 Å². The van der Waals surface area contributed by atoms with Crippen molar-refractivity contribution in [2.24, 2.45) is 0 Å². The van der Waals surface area contributed by atoms with Crippen LogP contribution in [0.1, 0.15) is 162 Å². The average molecular weight is 585 g/mol. The van der Waals surface area contributed by atoms with E-state index in [1.807, 2.05) is 12.2 Å². The molecule has 4 nitrogen and oxygen atoms in total. The molecule has 0 rings (SSSR count). The highest BCUT2D eigenvalue weighted by Crippen LogP contribution is 2.15. The quantitative estimate of drug-likeness (QED) is 0.0518. The first-order chi connectivity index (χ1) is 20.6. The number of allylic oxidation sites excluding steroid dienone is 9. The molecule has 0 amide bonds. The molecule has 0 saturated heterocycles. The van der Waals surface area contributed by atoms with Gasteiger partial charge in [-0.2, -0.15) is 0 Å². The smallest absolute Gasteiger partial charge is 0.306 e. The molecule has 1 atom stereocenters. The molecule has 0 spiro atoms. The molecule has 0 fully saturated rings. The molecule has 0 heterocycles. The highest BCUT2D eigenvalue weighted by molar-refractivity contribution is 5.69. The van der Waals surface area contributed by atoms with E-state index in [1.165, 1.54) is 70.6 Å². The fourth-order valence-electron chi connectivity index (χ4n) is 4.72. The van der Waals surface area contributed by atoms with Crippen LogP contribution in [-0.2, 0) is 14.3 Å². The van der Waals surface area contributed by atoms with E-state index in [0.717, 1.165) is 51.4 Å². The lowest BCUT2D eigenvalue weighted by molar-refractivity contribution is -0.147. The third kappa shape index (κ3) is 32.2. The first-order valence-electron chi connectivity index (χ1n) is 17.3. The third-order valence-corrected chi connectivity index (χ3v) is 7.24.